The first-order chi connectivity index (χ1) is 12.5. The van der Waals surface area contributed by atoms with E-state index in [1.54, 1.807) is 24.1 Å². The molecule has 1 fully saturated rings. The molecular formula is C18H24N4O4. The summed E-state index contributed by atoms with van der Waals surface area (Å²) in [5.74, 6) is 0.220. The van der Waals surface area contributed by atoms with Gasteiger partial charge in [-0.3, -0.25) is 9.48 Å². The van der Waals surface area contributed by atoms with Crippen molar-refractivity contribution in [2.75, 3.05) is 6.61 Å². The number of carbonyl (C=O) groups excluding carboxylic acids is 1. The molecule has 1 aliphatic rings. The molecule has 0 unspecified atom stereocenters. The molecule has 3 rings (SSSR count). The van der Waals surface area contributed by atoms with Gasteiger partial charge in [-0.2, -0.15) is 5.10 Å². The monoisotopic (exact) mass is 360 g/mol. The summed E-state index contributed by atoms with van der Waals surface area (Å²) in [6.07, 6.45) is 5.42. The lowest BCUT2D eigenvalue weighted by Crippen LogP contribution is -2.19. The van der Waals surface area contributed by atoms with Crippen molar-refractivity contribution in [1.82, 2.24) is 19.7 Å². The summed E-state index contributed by atoms with van der Waals surface area (Å²) in [4.78, 5) is 20.8. The van der Waals surface area contributed by atoms with E-state index in [2.05, 4.69) is 15.1 Å². The highest BCUT2D eigenvalue weighted by Gasteiger charge is 2.32. The molecule has 8 heteroatoms. The first-order valence-corrected chi connectivity index (χ1v) is 8.82. The van der Waals surface area contributed by atoms with E-state index >= 15 is 0 Å². The van der Waals surface area contributed by atoms with Gasteiger partial charge in [0.15, 0.2) is 0 Å². The van der Waals surface area contributed by atoms with Crippen molar-refractivity contribution in [2.24, 2.45) is 13.0 Å². The molecule has 0 amide bonds. The molecule has 1 aliphatic carbocycles. The van der Waals surface area contributed by atoms with Crippen molar-refractivity contribution in [3.05, 3.63) is 23.8 Å². The SMILES string of the molecule is CCOC(=O)[C@H]1CC[C@H](Oc2ncc(-c3cnn(C)c3CO)nc2C)C1. The molecule has 8 nitrogen and oxygen atoms in total. The van der Waals surface area contributed by atoms with E-state index in [9.17, 15) is 9.90 Å². The predicted octanol–water partition coefficient (Wildman–Crippen LogP) is 1.79. The molecule has 2 heterocycles. The number of esters is 1. The fraction of sp³-hybridized carbons (Fsp3) is 0.556. The van der Waals surface area contributed by atoms with Crippen LogP contribution in [0.4, 0.5) is 0 Å². The molecule has 0 bridgehead atoms. The molecule has 0 radical (unpaired) electrons. The van der Waals surface area contributed by atoms with Gasteiger partial charge in [-0.1, -0.05) is 0 Å². The van der Waals surface area contributed by atoms with Crippen molar-refractivity contribution in [3.8, 4) is 17.1 Å². The quantitative estimate of drug-likeness (QED) is 0.784. The summed E-state index contributed by atoms with van der Waals surface area (Å²) in [5.41, 5.74) is 2.73. The van der Waals surface area contributed by atoms with Crippen LogP contribution in [0, 0.1) is 12.8 Å². The highest BCUT2D eigenvalue weighted by atomic mass is 16.5. The molecule has 140 valence electrons. The molecule has 2 aromatic rings. The van der Waals surface area contributed by atoms with Crippen LogP contribution in [-0.2, 0) is 23.2 Å². The van der Waals surface area contributed by atoms with Crippen LogP contribution in [0.2, 0.25) is 0 Å². The van der Waals surface area contributed by atoms with Crippen LogP contribution in [0.1, 0.15) is 37.6 Å². The van der Waals surface area contributed by atoms with E-state index < -0.39 is 0 Å². The molecule has 1 saturated carbocycles. The molecule has 0 spiro atoms. The molecule has 0 aliphatic heterocycles. The van der Waals surface area contributed by atoms with E-state index in [1.807, 2.05) is 13.8 Å². The van der Waals surface area contributed by atoms with Crippen molar-refractivity contribution < 1.29 is 19.4 Å². The van der Waals surface area contributed by atoms with Gasteiger partial charge in [-0.25, -0.2) is 9.97 Å². The van der Waals surface area contributed by atoms with Crippen molar-refractivity contribution in [3.63, 3.8) is 0 Å². The Hall–Kier alpha value is -2.48. The minimum atomic E-state index is -0.148. The van der Waals surface area contributed by atoms with Crippen LogP contribution < -0.4 is 4.74 Å². The van der Waals surface area contributed by atoms with Crippen LogP contribution in [0.5, 0.6) is 5.88 Å². The predicted molar refractivity (Wildman–Crippen MR) is 93.3 cm³/mol. The number of hydrogen-bond acceptors (Lipinski definition) is 7. The standard InChI is InChI=1S/C18H24N4O4/c1-4-25-18(24)12-5-6-13(7-12)26-17-11(2)21-15(9-19-17)14-8-20-22(3)16(14)10-23/h8-9,12-13,23H,4-7,10H2,1-3H3/t12-,13-/m0/s1. The molecule has 2 aromatic heterocycles. The summed E-state index contributed by atoms with van der Waals surface area (Å²) >= 11 is 0. The second kappa shape index (κ2) is 7.82. The number of aromatic nitrogens is 4. The minimum absolute atomic E-state index is 0.0605. The molecule has 26 heavy (non-hydrogen) atoms. The zero-order chi connectivity index (χ0) is 18.7. The number of aliphatic hydroxyl groups is 1. The molecule has 1 N–H and O–H groups in total. The van der Waals surface area contributed by atoms with E-state index in [1.165, 1.54) is 0 Å². The number of hydrogen-bond donors (Lipinski definition) is 1. The second-order valence-corrected chi connectivity index (χ2v) is 6.43. The van der Waals surface area contributed by atoms with Gasteiger partial charge < -0.3 is 14.6 Å². The third-order valence-electron chi connectivity index (χ3n) is 4.67. The lowest BCUT2D eigenvalue weighted by molar-refractivity contribution is -0.147. The molecular weight excluding hydrogens is 336 g/mol. The highest BCUT2D eigenvalue weighted by Crippen LogP contribution is 2.31. The molecule has 0 saturated heterocycles. The van der Waals surface area contributed by atoms with Crippen LogP contribution in [0.25, 0.3) is 11.3 Å². The normalized spacial score (nSPS) is 19.5. The third-order valence-corrected chi connectivity index (χ3v) is 4.67. The summed E-state index contributed by atoms with van der Waals surface area (Å²) < 4.78 is 12.7. The number of aliphatic hydroxyl groups excluding tert-OH is 1. The average molecular weight is 360 g/mol. The van der Waals surface area contributed by atoms with Crippen LogP contribution >= 0.6 is 0 Å². The summed E-state index contributed by atoms with van der Waals surface area (Å²) in [5, 5.41) is 13.7. The van der Waals surface area contributed by atoms with Gasteiger partial charge in [0, 0.05) is 12.6 Å². The van der Waals surface area contributed by atoms with E-state index in [0.29, 0.717) is 36.0 Å². The Morgan fingerprint density at radius 2 is 2.19 bits per heavy atom. The number of nitrogens with zero attached hydrogens (tertiary/aromatic N) is 4. The average Bonchev–Trinajstić information content (AvgIpc) is 3.23. The van der Waals surface area contributed by atoms with Gasteiger partial charge in [-0.05, 0) is 33.1 Å². The maximum absolute atomic E-state index is 11.8. The fourth-order valence-corrected chi connectivity index (χ4v) is 3.26. The van der Waals surface area contributed by atoms with Crippen LogP contribution in [0.15, 0.2) is 12.4 Å². The topological polar surface area (TPSA) is 99.4 Å². The van der Waals surface area contributed by atoms with Crippen molar-refractivity contribution >= 4 is 5.97 Å². The minimum Gasteiger partial charge on any atom is -0.473 e. The van der Waals surface area contributed by atoms with Crippen LogP contribution in [-0.4, -0.2) is 43.5 Å². The van der Waals surface area contributed by atoms with Gasteiger partial charge in [0.1, 0.15) is 11.8 Å². The number of rotatable bonds is 6. The Bertz CT molecular complexity index is 789. The van der Waals surface area contributed by atoms with Crippen LogP contribution in [0.3, 0.4) is 0 Å². The smallest absolute Gasteiger partial charge is 0.309 e. The molecule has 0 aromatic carbocycles. The Kier molecular flexibility index (Phi) is 5.51. The first kappa shape index (κ1) is 18.3. The summed E-state index contributed by atoms with van der Waals surface area (Å²) in [7, 11) is 1.77. The zero-order valence-electron chi connectivity index (χ0n) is 15.3. The maximum Gasteiger partial charge on any atom is 0.309 e. The maximum atomic E-state index is 11.8. The van der Waals surface area contributed by atoms with Crippen molar-refractivity contribution in [1.29, 1.82) is 0 Å². The first-order valence-electron chi connectivity index (χ1n) is 8.82. The number of carbonyl (C=O) groups is 1. The lowest BCUT2D eigenvalue weighted by Gasteiger charge is -2.15. The second-order valence-electron chi connectivity index (χ2n) is 6.43. The van der Waals surface area contributed by atoms with Gasteiger partial charge in [-0.15, -0.1) is 0 Å². The highest BCUT2D eigenvalue weighted by molar-refractivity contribution is 5.72. The third kappa shape index (κ3) is 3.70. The molecule has 2 atom stereocenters. The summed E-state index contributed by atoms with van der Waals surface area (Å²) in [6, 6.07) is 0. The van der Waals surface area contributed by atoms with Gasteiger partial charge >= 0.3 is 5.97 Å². The zero-order valence-corrected chi connectivity index (χ0v) is 15.3. The number of ether oxygens (including phenoxy) is 2. The van der Waals surface area contributed by atoms with Gasteiger partial charge in [0.2, 0.25) is 5.88 Å². The van der Waals surface area contributed by atoms with Crippen molar-refractivity contribution in [2.45, 2.75) is 45.8 Å². The summed E-state index contributed by atoms with van der Waals surface area (Å²) in [6.45, 7) is 3.92. The van der Waals surface area contributed by atoms with E-state index in [-0.39, 0.29) is 24.6 Å². The Morgan fingerprint density at radius 1 is 1.38 bits per heavy atom. The Labute approximate surface area is 152 Å². The van der Waals surface area contributed by atoms with E-state index in [4.69, 9.17) is 9.47 Å². The van der Waals surface area contributed by atoms with Gasteiger partial charge in [0.25, 0.3) is 0 Å². The van der Waals surface area contributed by atoms with E-state index in [0.717, 1.165) is 18.4 Å². The largest absolute Gasteiger partial charge is 0.473 e. The lowest BCUT2D eigenvalue weighted by atomic mass is 10.1. The number of aryl methyl sites for hydroxylation is 2. The fourth-order valence-electron chi connectivity index (χ4n) is 3.26. The Balaban J connectivity index is 1.70. The van der Waals surface area contributed by atoms with Gasteiger partial charge in [0.05, 0.1) is 42.9 Å². The Morgan fingerprint density at radius 3 is 2.88 bits per heavy atom.